The van der Waals surface area contributed by atoms with Crippen LogP contribution in [0, 0.1) is 62.1 Å². The minimum absolute atomic E-state index is 0.292. The molecule has 28 heavy (non-hydrogen) atoms. The predicted octanol–water partition coefficient (Wildman–Crippen LogP) is 3.87. The summed E-state index contributed by atoms with van der Waals surface area (Å²) in [7, 11) is 0. The van der Waals surface area contributed by atoms with Crippen LogP contribution in [0.1, 0.15) is 44.6 Å². The Morgan fingerprint density at radius 1 is 1.14 bits per heavy atom. The van der Waals surface area contributed by atoms with Gasteiger partial charge in [0.2, 0.25) is 11.7 Å². The summed E-state index contributed by atoms with van der Waals surface area (Å²) < 4.78 is 12.4. The van der Waals surface area contributed by atoms with Crippen molar-refractivity contribution in [2.75, 3.05) is 0 Å². The van der Waals surface area contributed by atoms with Crippen molar-refractivity contribution in [3.8, 4) is 18.2 Å². The molecule has 3 fully saturated rings. The molecule has 6 heteroatoms. The minimum atomic E-state index is -1.82. The molecule has 2 aliphatic heterocycles. The maximum absolute atomic E-state index is 10.3. The number of nitrogens with zero attached hydrogens (tertiary/aromatic N) is 3. The van der Waals surface area contributed by atoms with Gasteiger partial charge in [-0.2, -0.15) is 15.8 Å². The average Bonchev–Trinajstić information content (AvgIpc) is 2.92. The van der Waals surface area contributed by atoms with Crippen LogP contribution in [0.3, 0.4) is 0 Å². The van der Waals surface area contributed by atoms with Crippen LogP contribution in [-0.2, 0) is 9.47 Å². The number of rotatable bonds is 2. The van der Waals surface area contributed by atoms with Crippen molar-refractivity contribution in [1.82, 2.24) is 0 Å². The van der Waals surface area contributed by atoms with Crippen molar-refractivity contribution in [2.24, 2.45) is 22.7 Å². The van der Waals surface area contributed by atoms with E-state index in [0.717, 1.165) is 12.0 Å². The molecule has 1 aliphatic carbocycles. The van der Waals surface area contributed by atoms with Crippen LogP contribution >= 0.6 is 0 Å². The first-order valence-electron chi connectivity index (χ1n) is 9.65. The molecule has 6 atom stereocenters. The summed E-state index contributed by atoms with van der Waals surface area (Å²) in [5, 5.41) is 39.3. The summed E-state index contributed by atoms with van der Waals surface area (Å²) in [4.78, 5) is 0. The molecule has 6 nitrogen and oxygen atoms in total. The van der Waals surface area contributed by atoms with E-state index < -0.39 is 28.6 Å². The second-order valence-corrected chi connectivity index (χ2v) is 8.36. The van der Waals surface area contributed by atoms with Crippen molar-refractivity contribution in [3.05, 3.63) is 35.9 Å². The van der Waals surface area contributed by atoms with E-state index in [1.807, 2.05) is 37.3 Å². The van der Waals surface area contributed by atoms with Crippen LogP contribution in [0.25, 0.3) is 0 Å². The number of nitrogens with one attached hydrogen (secondary N) is 1. The number of hydrogen-bond donors (Lipinski definition) is 1. The molecule has 0 aromatic heterocycles. The van der Waals surface area contributed by atoms with Crippen molar-refractivity contribution >= 4 is 5.90 Å². The van der Waals surface area contributed by atoms with Gasteiger partial charge < -0.3 is 9.47 Å². The molecule has 1 saturated carbocycles. The maximum atomic E-state index is 10.3. The Bertz CT molecular complexity index is 926. The molecule has 2 bridgehead atoms. The van der Waals surface area contributed by atoms with Crippen molar-refractivity contribution in [3.63, 3.8) is 0 Å². The van der Waals surface area contributed by atoms with E-state index in [9.17, 15) is 15.8 Å². The monoisotopic (exact) mass is 374 g/mol. The summed E-state index contributed by atoms with van der Waals surface area (Å²) in [5.74, 6) is -1.91. The van der Waals surface area contributed by atoms with E-state index in [-0.39, 0.29) is 11.8 Å². The lowest BCUT2D eigenvalue weighted by atomic mass is 9.50. The van der Waals surface area contributed by atoms with Gasteiger partial charge in [-0.05, 0) is 24.3 Å². The smallest absolute Gasteiger partial charge is 0.217 e. The predicted molar refractivity (Wildman–Crippen MR) is 99.5 cm³/mol. The van der Waals surface area contributed by atoms with Gasteiger partial charge in [0.05, 0.1) is 24.1 Å². The Morgan fingerprint density at radius 3 is 2.43 bits per heavy atom. The molecular weight excluding hydrogens is 352 g/mol. The summed E-state index contributed by atoms with van der Waals surface area (Å²) in [6, 6.07) is 16.0. The van der Waals surface area contributed by atoms with Crippen LogP contribution in [0.5, 0.6) is 0 Å². The Kier molecular flexibility index (Phi) is 4.00. The topological polar surface area (TPSA) is 114 Å². The van der Waals surface area contributed by atoms with Gasteiger partial charge in [0.15, 0.2) is 10.8 Å². The number of benzene rings is 1. The molecule has 1 N–H and O–H groups in total. The van der Waals surface area contributed by atoms with E-state index in [4.69, 9.17) is 14.9 Å². The van der Waals surface area contributed by atoms with Crippen LogP contribution in [0.2, 0.25) is 0 Å². The second kappa shape index (κ2) is 6.06. The molecule has 2 saturated heterocycles. The maximum Gasteiger partial charge on any atom is 0.217 e. The molecule has 4 rings (SSSR count). The molecule has 6 unspecified atom stereocenters. The van der Waals surface area contributed by atoms with Crippen LogP contribution in [0.4, 0.5) is 0 Å². The number of hydrogen-bond acceptors (Lipinski definition) is 6. The fraction of sp³-hybridized carbons (Fsp3) is 0.545. The zero-order chi connectivity index (χ0) is 20.2. The Hall–Kier alpha value is -2.88. The highest BCUT2D eigenvalue weighted by Crippen LogP contribution is 2.68. The third kappa shape index (κ3) is 2.00. The van der Waals surface area contributed by atoms with E-state index in [1.54, 1.807) is 0 Å². The molecule has 2 heterocycles. The van der Waals surface area contributed by atoms with Gasteiger partial charge in [-0.1, -0.05) is 44.2 Å². The van der Waals surface area contributed by atoms with E-state index >= 15 is 0 Å². The van der Waals surface area contributed by atoms with Gasteiger partial charge >= 0.3 is 0 Å². The van der Waals surface area contributed by atoms with Gasteiger partial charge in [-0.3, -0.25) is 5.41 Å². The SMILES string of the molecule is CC1CCC23OC(=N)C(C#N)(C2C1)C(C#N)(C#N)C(C(C)c1ccccc1)O3. The van der Waals surface area contributed by atoms with Gasteiger partial charge in [0.25, 0.3) is 0 Å². The Labute approximate surface area is 164 Å². The molecule has 0 spiro atoms. The first-order valence-corrected chi connectivity index (χ1v) is 9.65. The summed E-state index contributed by atoms with van der Waals surface area (Å²) in [5.41, 5.74) is -2.53. The molecule has 1 aromatic carbocycles. The van der Waals surface area contributed by atoms with Gasteiger partial charge in [-0.15, -0.1) is 0 Å². The molecular formula is C22H22N4O2. The van der Waals surface area contributed by atoms with Crippen LogP contribution in [0.15, 0.2) is 30.3 Å². The van der Waals surface area contributed by atoms with Crippen molar-refractivity contribution < 1.29 is 9.47 Å². The largest absolute Gasteiger partial charge is 0.447 e. The normalized spacial score (nSPS) is 38.8. The van der Waals surface area contributed by atoms with Gasteiger partial charge in [0.1, 0.15) is 6.10 Å². The lowest BCUT2D eigenvalue weighted by Gasteiger charge is -2.53. The zero-order valence-electron chi connectivity index (χ0n) is 16.0. The van der Waals surface area contributed by atoms with Crippen molar-refractivity contribution in [2.45, 2.75) is 50.9 Å². The molecule has 3 aliphatic rings. The molecule has 1 aromatic rings. The molecule has 0 amide bonds. The highest BCUT2D eigenvalue weighted by atomic mass is 16.7. The summed E-state index contributed by atoms with van der Waals surface area (Å²) >= 11 is 0. The first kappa shape index (κ1) is 18.5. The highest BCUT2D eigenvalue weighted by Gasteiger charge is 2.81. The number of nitriles is 3. The Morgan fingerprint density at radius 2 is 1.82 bits per heavy atom. The minimum Gasteiger partial charge on any atom is -0.447 e. The summed E-state index contributed by atoms with van der Waals surface area (Å²) in [6.45, 7) is 3.99. The summed E-state index contributed by atoms with van der Waals surface area (Å²) in [6.07, 6.45) is 1.12. The fourth-order valence-electron chi connectivity index (χ4n) is 5.46. The van der Waals surface area contributed by atoms with Crippen molar-refractivity contribution in [1.29, 1.82) is 21.2 Å². The molecule has 0 radical (unpaired) electrons. The van der Waals surface area contributed by atoms with E-state index in [0.29, 0.717) is 18.8 Å². The third-order valence-electron chi connectivity index (χ3n) is 6.99. The second-order valence-electron chi connectivity index (χ2n) is 8.36. The van der Waals surface area contributed by atoms with Crippen LogP contribution < -0.4 is 0 Å². The van der Waals surface area contributed by atoms with Crippen LogP contribution in [-0.4, -0.2) is 17.8 Å². The van der Waals surface area contributed by atoms with Gasteiger partial charge in [0, 0.05) is 12.3 Å². The average molecular weight is 374 g/mol. The highest BCUT2D eigenvalue weighted by molar-refractivity contribution is 5.89. The van der Waals surface area contributed by atoms with E-state index in [2.05, 4.69) is 25.1 Å². The molecule has 142 valence electrons. The van der Waals surface area contributed by atoms with Gasteiger partial charge in [-0.25, -0.2) is 0 Å². The quantitative estimate of drug-likeness (QED) is 0.844. The Balaban J connectivity index is 1.94. The lowest BCUT2D eigenvalue weighted by molar-refractivity contribution is -0.299. The lowest BCUT2D eigenvalue weighted by Crippen LogP contribution is -2.64. The standard InChI is InChI=1S/C22H22N4O2/c1-14-8-9-22-17(10-14)21(13-25,19(26)28-22)20(11-23,12-24)18(27-22)15(2)16-6-4-3-5-7-16/h3-7,14-15,17-18,26H,8-10H2,1-2H3. The number of ether oxygens (including phenoxy) is 2. The first-order chi connectivity index (χ1) is 13.4. The van der Waals surface area contributed by atoms with E-state index in [1.165, 1.54) is 0 Å². The zero-order valence-corrected chi connectivity index (χ0v) is 16.0. The fourth-order valence-corrected chi connectivity index (χ4v) is 5.46. The third-order valence-corrected chi connectivity index (χ3v) is 6.99.